The first-order chi connectivity index (χ1) is 14.5. The number of rotatable bonds is 4. The van der Waals surface area contributed by atoms with Crippen molar-refractivity contribution in [3.8, 4) is 0 Å². The van der Waals surface area contributed by atoms with Gasteiger partial charge in [0.1, 0.15) is 5.37 Å². The number of halogens is 1. The van der Waals surface area contributed by atoms with Gasteiger partial charge in [0.05, 0.1) is 16.3 Å². The van der Waals surface area contributed by atoms with Gasteiger partial charge in [0.2, 0.25) is 5.91 Å². The van der Waals surface area contributed by atoms with E-state index < -0.39 is 0 Å². The fourth-order valence-corrected chi connectivity index (χ4v) is 4.89. The number of carbonyl (C=O) groups is 2. The molecule has 152 valence electrons. The van der Waals surface area contributed by atoms with Crippen molar-refractivity contribution in [2.45, 2.75) is 19.2 Å². The van der Waals surface area contributed by atoms with Crippen LogP contribution in [0.3, 0.4) is 0 Å². The average Bonchev–Trinajstić information content (AvgIpc) is 3.12. The number of carbonyl (C=O) groups excluding carboxylic acids is 2. The van der Waals surface area contributed by atoms with Gasteiger partial charge in [-0.05, 0) is 60.9 Å². The molecule has 1 N–H and O–H groups in total. The summed E-state index contributed by atoms with van der Waals surface area (Å²) in [6, 6.07) is 20.6. The first-order valence-corrected chi connectivity index (χ1v) is 11.0. The van der Waals surface area contributed by atoms with Crippen molar-refractivity contribution in [2.24, 2.45) is 0 Å². The third-order valence-corrected chi connectivity index (χ3v) is 6.82. The molecule has 1 unspecified atom stereocenters. The van der Waals surface area contributed by atoms with Gasteiger partial charge in [-0.1, -0.05) is 48.0 Å². The summed E-state index contributed by atoms with van der Waals surface area (Å²) in [5, 5.41) is 3.20. The standard InChI is InChI=1S/C24H21ClN2O2S/c1-15-6-5-9-21(16(15)2)27-22(28)14-30-24(27)17-10-12-18(13-11-17)26-23(29)19-7-3-4-8-20(19)25/h3-13,24H,14H2,1-2H3,(H,26,29). The van der Waals surface area contributed by atoms with E-state index in [9.17, 15) is 9.59 Å². The molecular weight excluding hydrogens is 416 g/mol. The highest BCUT2D eigenvalue weighted by Crippen LogP contribution is 2.43. The number of amides is 2. The number of nitrogens with one attached hydrogen (secondary N) is 1. The number of aryl methyl sites for hydroxylation is 1. The van der Waals surface area contributed by atoms with Crippen LogP contribution in [-0.4, -0.2) is 17.6 Å². The first kappa shape index (κ1) is 20.5. The van der Waals surface area contributed by atoms with E-state index in [-0.39, 0.29) is 17.2 Å². The molecule has 0 spiro atoms. The summed E-state index contributed by atoms with van der Waals surface area (Å²) in [6.07, 6.45) is 0. The molecule has 1 aliphatic rings. The maximum absolute atomic E-state index is 12.7. The van der Waals surface area contributed by atoms with Crippen LogP contribution in [0, 0.1) is 13.8 Å². The van der Waals surface area contributed by atoms with E-state index in [1.807, 2.05) is 48.2 Å². The summed E-state index contributed by atoms with van der Waals surface area (Å²) in [7, 11) is 0. The summed E-state index contributed by atoms with van der Waals surface area (Å²) in [5.41, 5.74) is 5.35. The Morgan fingerprint density at radius 1 is 1.03 bits per heavy atom. The number of thioether (sulfide) groups is 1. The molecule has 1 aliphatic heterocycles. The van der Waals surface area contributed by atoms with Crippen LogP contribution >= 0.6 is 23.4 Å². The molecule has 30 heavy (non-hydrogen) atoms. The van der Waals surface area contributed by atoms with E-state index in [4.69, 9.17) is 11.6 Å². The van der Waals surface area contributed by atoms with Gasteiger partial charge in [0, 0.05) is 11.4 Å². The van der Waals surface area contributed by atoms with Crippen LogP contribution in [0.25, 0.3) is 0 Å². The Bertz CT molecular complexity index is 1110. The highest BCUT2D eigenvalue weighted by Gasteiger charge is 2.34. The lowest BCUT2D eigenvalue weighted by molar-refractivity contribution is -0.115. The second-order valence-electron chi connectivity index (χ2n) is 7.20. The molecule has 2 amide bonds. The van der Waals surface area contributed by atoms with E-state index in [2.05, 4.69) is 18.3 Å². The van der Waals surface area contributed by atoms with E-state index >= 15 is 0 Å². The summed E-state index contributed by atoms with van der Waals surface area (Å²) >= 11 is 7.72. The minimum Gasteiger partial charge on any atom is -0.322 e. The normalized spacial score (nSPS) is 16.0. The Hall–Kier alpha value is -2.76. The zero-order valence-corrected chi connectivity index (χ0v) is 18.3. The van der Waals surface area contributed by atoms with Gasteiger partial charge in [0.15, 0.2) is 0 Å². The zero-order valence-electron chi connectivity index (χ0n) is 16.7. The minimum absolute atomic E-state index is 0.0914. The monoisotopic (exact) mass is 436 g/mol. The summed E-state index contributed by atoms with van der Waals surface area (Å²) < 4.78 is 0. The number of nitrogens with zero attached hydrogens (tertiary/aromatic N) is 1. The second-order valence-corrected chi connectivity index (χ2v) is 8.68. The molecule has 4 rings (SSSR count). The van der Waals surface area contributed by atoms with Crippen LogP contribution in [0.5, 0.6) is 0 Å². The molecule has 1 fully saturated rings. The predicted octanol–water partition coefficient (Wildman–Crippen LogP) is 5.99. The topological polar surface area (TPSA) is 49.4 Å². The summed E-state index contributed by atoms with van der Waals surface area (Å²) in [5.74, 6) is 0.300. The van der Waals surface area contributed by atoms with Crippen LogP contribution in [-0.2, 0) is 4.79 Å². The largest absolute Gasteiger partial charge is 0.322 e. The minimum atomic E-state index is -0.254. The molecule has 1 atom stereocenters. The van der Waals surface area contributed by atoms with Gasteiger partial charge in [-0.2, -0.15) is 0 Å². The molecule has 4 nitrogen and oxygen atoms in total. The number of benzene rings is 3. The lowest BCUT2D eigenvalue weighted by atomic mass is 10.1. The third-order valence-electron chi connectivity index (χ3n) is 5.28. The van der Waals surface area contributed by atoms with Crippen LogP contribution in [0.2, 0.25) is 5.02 Å². The Balaban J connectivity index is 1.56. The number of anilines is 2. The third kappa shape index (κ3) is 3.95. The predicted molar refractivity (Wildman–Crippen MR) is 124 cm³/mol. The van der Waals surface area contributed by atoms with Crippen molar-refractivity contribution in [3.63, 3.8) is 0 Å². The summed E-state index contributed by atoms with van der Waals surface area (Å²) in [6.45, 7) is 4.10. The average molecular weight is 437 g/mol. The molecule has 0 saturated carbocycles. The maximum atomic E-state index is 12.7. The molecule has 0 bridgehead atoms. The van der Waals surface area contributed by atoms with E-state index in [0.29, 0.717) is 22.0 Å². The fraction of sp³-hybridized carbons (Fsp3) is 0.167. The first-order valence-electron chi connectivity index (χ1n) is 9.61. The van der Waals surface area contributed by atoms with Gasteiger partial charge >= 0.3 is 0 Å². The van der Waals surface area contributed by atoms with Crippen molar-refractivity contribution in [2.75, 3.05) is 16.0 Å². The Morgan fingerprint density at radius 2 is 1.77 bits per heavy atom. The maximum Gasteiger partial charge on any atom is 0.257 e. The second kappa shape index (κ2) is 8.54. The Kier molecular flexibility index (Phi) is 5.84. The molecule has 3 aromatic carbocycles. The molecule has 0 aromatic heterocycles. The van der Waals surface area contributed by atoms with Gasteiger partial charge < -0.3 is 5.32 Å². The van der Waals surface area contributed by atoms with Crippen molar-refractivity contribution in [3.05, 3.63) is 94.0 Å². The van der Waals surface area contributed by atoms with Crippen molar-refractivity contribution >= 4 is 46.6 Å². The lowest BCUT2D eigenvalue weighted by Crippen LogP contribution is -2.28. The number of hydrogen-bond donors (Lipinski definition) is 1. The van der Waals surface area contributed by atoms with Crippen LogP contribution in [0.4, 0.5) is 11.4 Å². The quantitative estimate of drug-likeness (QED) is 0.546. The highest BCUT2D eigenvalue weighted by molar-refractivity contribution is 8.00. The van der Waals surface area contributed by atoms with Gasteiger partial charge in [0.25, 0.3) is 5.91 Å². The smallest absolute Gasteiger partial charge is 0.257 e. The molecule has 6 heteroatoms. The zero-order chi connectivity index (χ0) is 21.3. The number of hydrogen-bond acceptors (Lipinski definition) is 3. The molecule has 0 radical (unpaired) electrons. The van der Waals surface area contributed by atoms with Crippen LogP contribution in [0.1, 0.15) is 32.4 Å². The van der Waals surface area contributed by atoms with Crippen molar-refractivity contribution in [1.82, 2.24) is 0 Å². The van der Waals surface area contributed by atoms with Crippen molar-refractivity contribution in [1.29, 1.82) is 0 Å². The van der Waals surface area contributed by atoms with E-state index in [0.717, 1.165) is 22.4 Å². The molecular formula is C24H21ClN2O2S. The van der Waals surface area contributed by atoms with Gasteiger partial charge in [-0.3, -0.25) is 14.5 Å². The molecule has 3 aromatic rings. The summed E-state index contributed by atoms with van der Waals surface area (Å²) in [4.78, 5) is 27.0. The fourth-order valence-electron chi connectivity index (χ4n) is 3.50. The van der Waals surface area contributed by atoms with Gasteiger partial charge in [-0.15, -0.1) is 11.8 Å². The molecule has 1 saturated heterocycles. The lowest BCUT2D eigenvalue weighted by Gasteiger charge is -2.26. The van der Waals surface area contributed by atoms with Crippen molar-refractivity contribution < 1.29 is 9.59 Å². The Morgan fingerprint density at radius 3 is 2.50 bits per heavy atom. The molecule has 0 aliphatic carbocycles. The Labute approximate surface area is 185 Å². The van der Waals surface area contributed by atoms with Crippen LogP contribution in [0.15, 0.2) is 66.7 Å². The van der Waals surface area contributed by atoms with E-state index in [1.165, 1.54) is 0 Å². The SMILES string of the molecule is Cc1cccc(N2C(=O)CSC2c2ccc(NC(=O)c3ccccc3Cl)cc2)c1C. The van der Waals surface area contributed by atoms with Crippen LogP contribution < -0.4 is 10.2 Å². The van der Waals surface area contributed by atoms with Gasteiger partial charge in [-0.25, -0.2) is 0 Å². The highest BCUT2D eigenvalue weighted by atomic mass is 35.5. The van der Waals surface area contributed by atoms with E-state index in [1.54, 1.807) is 36.0 Å². The molecule has 1 heterocycles.